The Morgan fingerprint density at radius 2 is 1.80 bits per heavy atom. The van der Waals surface area contributed by atoms with Crippen LogP contribution in [0.4, 0.5) is 23.2 Å². The number of carbonyl (C=O) groups is 1. The van der Waals surface area contributed by atoms with Crippen molar-refractivity contribution < 1.29 is 27.1 Å². The first-order valence-electron chi connectivity index (χ1n) is 6.09. The van der Waals surface area contributed by atoms with Gasteiger partial charge in [0.15, 0.2) is 23.3 Å². The second-order valence-corrected chi connectivity index (χ2v) is 4.21. The zero-order valence-electron chi connectivity index (χ0n) is 11.1. The summed E-state index contributed by atoms with van der Waals surface area (Å²) in [5.41, 5.74) is -1.01. The van der Waals surface area contributed by atoms with Crippen molar-refractivity contribution in [3.05, 3.63) is 29.3 Å². The van der Waals surface area contributed by atoms with Crippen LogP contribution in [0.25, 0.3) is 0 Å². The van der Waals surface area contributed by atoms with E-state index in [-0.39, 0.29) is 12.5 Å². The highest BCUT2D eigenvalue weighted by atomic mass is 19.2. The van der Waals surface area contributed by atoms with Gasteiger partial charge in [0.05, 0.1) is 7.11 Å². The number of ether oxygens (including phenoxy) is 1. The second kappa shape index (κ2) is 7.12. The summed E-state index contributed by atoms with van der Waals surface area (Å²) in [6.07, 6.45) is 1.53. The number of esters is 1. The van der Waals surface area contributed by atoms with Crippen molar-refractivity contribution in [2.24, 2.45) is 0 Å². The van der Waals surface area contributed by atoms with E-state index in [1.54, 1.807) is 0 Å². The summed E-state index contributed by atoms with van der Waals surface area (Å²) in [5.74, 6) is -6.98. The zero-order valence-corrected chi connectivity index (χ0v) is 11.1. The van der Waals surface area contributed by atoms with E-state index in [4.69, 9.17) is 0 Å². The lowest BCUT2D eigenvalue weighted by Crippen LogP contribution is -2.31. The molecule has 0 amide bonds. The third-order valence-electron chi connectivity index (χ3n) is 2.76. The Kier molecular flexibility index (Phi) is 5.79. The lowest BCUT2D eigenvalue weighted by atomic mass is 10.1. The van der Waals surface area contributed by atoms with Crippen molar-refractivity contribution in [1.29, 1.82) is 0 Å². The number of methoxy groups -OCH3 is 1. The first kappa shape index (κ1) is 16.3. The number of hydrogen-bond donors (Lipinski definition) is 1. The predicted molar refractivity (Wildman–Crippen MR) is 65.2 cm³/mol. The van der Waals surface area contributed by atoms with Crippen LogP contribution in [0.1, 0.15) is 26.2 Å². The standard InChI is InChI=1S/C13H15F4NO2/c1-3-4-5-9(13(19)20-2)18-12-10(16)7(14)6-8(15)11(12)17/h6,9,18H,3-5H2,1-2H3. The Labute approximate surface area is 113 Å². The van der Waals surface area contributed by atoms with Gasteiger partial charge in [0.25, 0.3) is 0 Å². The lowest BCUT2D eigenvalue weighted by Gasteiger charge is -2.18. The van der Waals surface area contributed by atoms with Crippen molar-refractivity contribution in [2.75, 3.05) is 12.4 Å². The van der Waals surface area contributed by atoms with Crippen LogP contribution in [0.3, 0.4) is 0 Å². The summed E-state index contributed by atoms with van der Waals surface area (Å²) in [5, 5.41) is 2.18. The average molecular weight is 293 g/mol. The minimum atomic E-state index is -1.57. The first-order chi connectivity index (χ1) is 9.42. The van der Waals surface area contributed by atoms with Crippen molar-refractivity contribution in [2.45, 2.75) is 32.2 Å². The van der Waals surface area contributed by atoms with Gasteiger partial charge in [0.2, 0.25) is 0 Å². The molecule has 20 heavy (non-hydrogen) atoms. The molecule has 3 nitrogen and oxygen atoms in total. The molecule has 0 saturated carbocycles. The molecular formula is C13H15F4NO2. The van der Waals surface area contributed by atoms with Gasteiger partial charge in [0.1, 0.15) is 11.7 Å². The maximum absolute atomic E-state index is 13.5. The molecule has 112 valence electrons. The molecule has 0 aliphatic carbocycles. The highest BCUT2D eigenvalue weighted by molar-refractivity contribution is 5.79. The van der Waals surface area contributed by atoms with Crippen molar-refractivity contribution in [1.82, 2.24) is 0 Å². The molecule has 0 radical (unpaired) electrons. The number of anilines is 1. The van der Waals surface area contributed by atoms with Crippen LogP contribution in [0, 0.1) is 23.3 Å². The van der Waals surface area contributed by atoms with Gasteiger partial charge in [-0.1, -0.05) is 19.8 Å². The van der Waals surface area contributed by atoms with E-state index >= 15 is 0 Å². The van der Waals surface area contributed by atoms with Crippen LogP contribution < -0.4 is 5.32 Å². The number of nitrogens with one attached hydrogen (secondary N) is 1. The van der Waals surface area contributed by atoms with Crippen LogP contribution in [0.2, 0.25) is 0 Å². The minimum Gasteiger partial charge on any atom is -0.467 e. The van der Waals surface area contributed by atoms with Gasteiger partial charge in [-0.05, 0) is 6.42 Å². The quantitative estimate of drug-likeness (QED) is 0.496. The molecule has 0 spiro atoms. The molecule has 1 aromatic carbocycles. The van der Waals surface area contributed by atoms with Crippen LogP contribution in [-0.2, 0) is 9.53 Å². The fourth-order valence-electron chi connectivity index (χ4n) is 1.67. The molecule has 1 aromatic rings. The van der Waals surface area contributed by atoms with Gasteiger partial charge in [-0.3, -0.25) is 0 Å². The summed E-state index contributed by atoms with van der Waals surface area (Å²) in [6.45, 7) is 1.86. The highest BCUT2D eigenvalue weighted by Crippen LogP contribution is 2.25. The van der Waals surface area contributed by atoms with E-state index in [2.05, 4.69) is 10.1 Å². The van der Waals surface area contributed by atoms with E-state index in [1.807, 2.05) is 6.92 Å². The van der Waals surface area contributed by atoms with Crippen LogP contribution in [-0.4, -0.2) is 19.1 Å². The van der Waals surface area contributed by atoms with Crippen LogP contribution >= 0.6 is 0 Å². The SMILES string of the molecule is CCCCC(Nc1c(F)c(F)cc(F)c1F)C(=O)OC. The topological polar surface area (TPSA) is 38.3 Å². The normalized spacial score (nSPS) is 12.1. The number of carbonyl (C=O) groups excluding carboxylic acids is 1. The van der Waals surface area contributed by atoms with Crippen LogP contribution in [0.5, 0.6) is 0 Å². The summed E-state index contributed by atoms with van der Waals surface area (Å²) in [6, 6.07) is -0.972. The maximum atomic E-state index is 13.5. The molecule has 0 fully saturated rings. The van der Waals surface area contributed by atoms with Gasteiger partial charge in [-0.2, -0.15) is 0 Å². The van der Waals surface area contributed by atoms with Gasteiger partial charge >= 0.3 is 5.97 Å². The average Bonchev–Trinajstić information content (AvgIpc) is 2.43. The number of rotatable bonds is 6. The molecular weight excluding hydrogens is 278 g/mol. The van der Waals surface area contributed by atoms with E-state index in [1.165, 1.54) is 0 Å². The molecule has 1 atom stereocenters. The molecule has 0 heterocycles. The summed E-state index contributed by atoms with van der Waals surface area (Å²) < 4.78 is 57.6. The van der Waals surface area contributed by atoms with Crippen molar-refractivity contribution in [3.63, 3.8) is 0 Å². The molecule has 0 aromatic heterocycles. The number of unbranched alkanes of at least 4 members (excludes halogenated alkanes) is 1. The summed E-state index contributed by atoms with van der Waals surface area (Å²) >= 11 is 0. The fraction of sp³-hybridized carbons (Fsp3) is 0.462. The van der Waals surface area contributed by atoms with E-state index in [0.717, 1.165) is 13.5 Å². The number of hydrogen-bond acceptors (Lipinski definition) is 3. The maximum Gasteiger partial charge on any atom is 0.328 e. The predicted octanol–water partition coefficient (Wildman–Crippen LogP) is 3.39. The van der Waals surface area contributed by atoms with Gasteiger partial charge < -0.3 is 10.1 Å². The molecule has 7 heteroatoms. The first-order valence-corrected chi connectivity index (χ1v) is 6.09. The second-order valence-electron chi connectivity index (χ2n) is 4.21. The Morgan fingerprint density at radius 1 is 1.25 bits per heavy atom. The Morgan fingerprint density at radius 3 is 2.25 bits per heavy atom. The zero-order chi connectivity index (χ0) is 15.3. The molecule has 1 unspecified atom stereocenters. The molecule has 0 aliphatic heterocycles. The van der Waals surface area contributed by atoms with Gasteiger partial charge in [0, 0.05) is 6.07 Å². The third kappa shape index (κ3) is 3.61. The Bertz CT molecular complexity index is 467. The summed E-state index contributed by atoms with van der Waals surface area (Å²) in [7, 11) is 1.11. The summed E-state index contributed by atoms with van der Waals surface area (Å²) in [4.78, 5) is 11.5. The van der Waals surface area contributed by atoms with Gasteiger partial charge in [-0.25, -0.2) is 22.4 Å². The van der Waals surface area contributed by atoms with Crippen molar-refractivity contribution in [3.8, 4) is 0 Å². The molecule has 1 rings (SSSR count). The third-order valence-corrected chi connectivity index (χ3v) is 2.76. The van der Waals surface area contributed by atoms with E-state index < -0.39 is 41.0 Å². The van der Waals surface area contributed by atoms with E-state index in [9.17, 15) is 22.4 Å². The molecule has 0 saturated heterocycles. The van der Waals surface area contributed by atoms with Crippen LogP contribution in [0.15, 0.2) is 6.07 Å². The Hall–Kier alpha value is -1.79. The minimum absolute atomic E-state index is 0.106. The number of halogens is 4. The largest absolute Gasteiger partial charge is 0.467 e. The van der Waals surface area contributed by atoms with E-state index in [0.29, 0.717) is 6.42 Å². The molecule has 1 N–H and O–H groups in total. The fourth-order valence-corrected chi connectivity index (χ4v) is 1.67. The number of benzene rings is 1. The monoisotopic (exact) mass is 293 g/mol. The highest BCUT2D eigenvalue weighted by Gasteiger charge is 2.25. The molecule has 0 aliphatic rings. The smallest absolute Gasteiger partial charge is 0.328 e. The Balaban J connectivity index is 3.07. The van der Waals surface area contributed by atoms with Crippen molar-refractivity contribution >= 4 is 11.7 Å². The molecule has 0 bridgehead atoms. The van der Waals surface area contributed by atoms with Gasteiger partial charge in [-0.15, -0.1) is 0 Å². The lowest BCUT2D eigenvalue weighted by molar-refractivity contribution is -0.141.